The first-order valence-electron chi connectivity index (χ1n) is 5.48. The van der Waals surface area contributed by atoms with Crippen LogP contribution in [0.25, 0.3) is 0 Å². The van der Waals surface area contributed by atoms with Crippen molar-refractivity contribution >= 4 is 16.1 Å². The third-order valence-electron chi connectivity index (χ3n) is 2.87. The Morgan fingerprint density at radius 1 is 1.31 bits per heavy atom. The maximum atomic E-state index is 2.54. The zero-order valence-corrected chi connectivity index (χ0v) is 11.9. The minimum Gasteiger partial charge on any atom is -0.0984 e. The Kier molecular flexibility index (Phi) is 3.23. The number of rotatable bonds is 3. The third-order valence-corrected chi connectivity index (χ3v) is 7.33. The molecule has 0 amide bonds. The zero-order valence-electron chi connectivity index (χ0n) is 9.85. The van der Waals surface area contributed by atoms with E-state index >= 15 is 0 Å². The molecule has 1 aliphatic heterocycles. The van der Waals surface area contributed by atoms with Gasteiger partial charge in [-0.3, -0.25) is 0 Å². The van der Waals surface area contributed by atoms with Crippen LogP contribution in [0, 0.1) is 5.92 Å². The first-order chi connectivity index (χ1) is 5.79. The molecule has 0 saturated heterocycles. The van der Waals surface area contributed by atoms with E-state index in [0.717, 1.165) is 5.92 Å². The quantitative estimate of drug-likeness (QED) is 0.617. The van der Waals surface area contributed by atoms with Gasteiger partial charge in [0.1, 0.15) is 0 Å². The van der Waals surface area contributed by atoms with E-state index in [0.29, 0.717) is 0 Å². The summed E-state index contributed by atoms with van der Waals surface area (Å²) < 4.78 is 0. The van der Waals surface area contributed by atoms with Crippen LogP contribution in [0.5, 0.6) is 0 Å². The summed E-state index contributed by atoms with van der Waals surface area (Å²) >= 11 is 0. The molecule has 1 unspecified atom stereocenters. The molecule has 1 heterocycles. The molecule has 13 heavy (non-hydrogen) atoms. The number of hydrogen-bond acceptors (Lipinski definition) is 0. The van der Waals surface area contributed by atoms with Crippen LogP contribution in [0.15, 0.2) is 11.8 Å². The number of allylic oxidation sites excluding steroid dienone is 1. The molecule has 1 aliphatic rings. The standard InChI is InChI=1S/C11H24Si2/c1-12(2,3)8-6-11-7-9-13(4,5)10-11/h7,9,11H,6,8,10H2,1-5H3. The average Bonchev–Trinajstić information content (AvgIpc) is 2.24. The van der Waals surface area contributed by atoms with Crippen molar-refractivity contribution < 1.29 is 0 Å². The lowest BCUT2D eigenvalue weighted by atomic mass is 10.1. The lowest BCUT2D eigenvalue weighted by Crippen LogP contribution is -2.22. The predicted molar refractivity (Wildman–Crippen MR) is 67.7 cm³/mol. The lowest BCUT2D eigenvalue weighted by Gasteiger charge is -2.20. The molecule has 0 aromatic carbocycles. The Bertz CT molecular complexity index is 199. The molecule has 0 spiro atoms. The summed E-state index contributed by atoms with van der Waals surface area (Å²) in [4.78, 5) is 0. The van der Waals surface area contributed by atoms with Crippen LogP contribution in [0.2, 0.25) is 44.8 Å². The van der Waals surface area contributed by atoms with Crippen molar-refractivity contribution in [3.8, 4) is 0 Å². The van der Waals surface area contributed by atoms with Gasteiger partial charge in [-0.1, -0.05) is 50.6 Å². The van der Waals surface area contributed by atoms with E-state index in [2.05, 4.69) is 44.5 Å². The van der Waals surface area contributed by atoms with Gasteiger partial charge in [0.25, 0.3) is 0 Å². The Morgan fingerprint density at radius 2 is 1.92 bits per heavy atom. The van der Waals surface area contributed by atoms with E-state index in [1.54, 1.807) is 0 Å². The smallest absolute Gasteiger partial charge is 0.0719 e. The molecule has 0 aromatic heterocycles. The summed E-state index contributed by atoms with van der Waals surface area (Å²) in [6.45, 7) is 12.4. The highest BCUT2D eigenvalue weighted by Crippen LogP contribution is 2.31. The summed E-state index contributed by atoms with van der Waals surface area (Å²) in [5.74, 6) is 0.938. The molecular weight excluding hydrogens is 188 g/mol. The van der Waals surface area contributed by atoms with Crippen molar-refractivity contribution in [2.75, 3.05) is 0 Å². The Balaban J connectivity index is 2.31. The molecule has 0 bridgehead atoms. The van der Waals surface area contributed by atoms with Gasteiger partial charge in [-0.15, -0.1) is 0 Å². The second kappa shape index (κ2) is 3.73. The third kappa shape index (κ3) is 4.27. The summed E-state index contributed by atoms with van der Waals surface area (Å²) in [5, 5.41) is 0. The molecular formula is C11H24Si2. The minimum absolute atomic E-state index is 0.790. The SMILES string of the molecule is C[Si](C)(C)CCC1C=C[Si](C)(C)C1. The second-order valence-electron chi connectivity index (χ2n) is 6.41. The van der Waals surface area contributed by atoms with Crippen molar-refractivity contribution in [2.24, 2.45) is 5.92 Å². The van der Waals surface area contributed by atoms with Crippen LogP contribution in [0.1, 0.15) is 6.42 Å². The summed E-state index contributed by atoms with van der Waals surface area (Å²) in [6.07, 6.45) is 3.97. The Labute approximate surface area is 85.5 Å². The molecule has 0 fully saturated rings. The summed E-state index contributed by atoms with van der Waals surface area (Å²) in [5.41, 5.74) is 2.54. The van der Waals surface area contributed by atoms with Gasteiger partial charge in [0.05, 0.1) is 8.07 Å². The maximum absolute atomic E-state index is 2.54. The first kappa shape index (κ1) is 11.2. The van der Waals surface area contributed by atoms with Crippen LogP contribution < -0.4 is 0 Å². The molecule has 0 radical (unpaired) electrons. The van der Waals surface area contributed by atoms with Crippen LogP contribution in [0.3, 0.4) is 0 Å². The van der Waals surface area contributed by atoms with Gasteiger partial charge in [0.15, 0.2) is 0 Å². The van der Waals surface area contributed by atoms with Gasteiger partial charge in [-0.05, 0) is 18.4 Å². The van der Waals surface area contributed by atoms with E-state index in [1.165, 1.54) is 18.5 Å². The first-order valence-corrected chi connectivity index (χ1v) is 12.5. The van der Waals surface area contributed by atoms with Crippen LogP contribution >= 0.6 is 0 Å². The second-order valence-corrected chi connectivity index (χ2v) is 16.8. The van der Waals surface area contributed by atoms with E-state index in [4.69, 9.17) is 0 Å². The fraction of sp³-hybridized carbons (Fsp3) is 0.818. The monoisotopic (exact) mass is 212 g/mol. The molecule has 0 aliphatic carbocycles. The van der Waals surface area contributed by atoms with Gasteiger partial charge in [0, 0.05) is 8.07 Å². The fourth-order valence-corrected chi connectivity index (χ4v) is 5.88. The molecule has 1 rings (SSSR count). The topological polar surface area (TPSA) is 0 Å². The van der Waals surface area contributed by atoms with Crippen molar-refractivity contribution in [1.82, 2.24) is 0 Å². The Morgan fingerprint density at radius 3 is 2.31 bits per heavy atom. The van der Waals surface area contributed by atoms with Crippen LogP contribution in [-0.4, -0.2) is 16.1 Å². The van der Waals surface area contributed by atoms with Gasteiger partial charge in [-0.25, -0.2) is 0 Å². The van der Waals surface area contributed by atoms with E-state index < -0.39 is 16.1 Å². The molecule has 0 aromatic rings. The van der Waals surface area contributed by atoms with Gasteiger partial charge in [-0.2, -0.15) is 0 Å². The Hall–Kier alpha value is 0.174. The van der Waals surface area contributed by atoms with Crippen molar-refractivity contribution in [3.63, 3.8) is 0 Å². The van der Waals surface area contributed by atoms with Crippen LogP contribution in [-0.2, 0) is 0 Å². The van der Waals surface area contributed by atoms with E-state index in [9.17, 15) is 0 Å². The molecule has 76 valence electrons. The largest absolute Gasteiger partial charge is 0.0984 e. The maximum Gasteiger partial charge on any atom is 0.0719 e. The lowest BCUT2D eigenvalue weighted by molar-refractivity contribution is 0.692. The van der Waals surface area contributed by atoms with Gasteiger partial charge < -0.3 is 0 Å². The molecule has 1 atom stereocenters. The van der Waals surface area contributed by atoms with Crippen molar-refractivity contribution in [2.45, 2.75) is 51.2 Å². The van der Waals surface area contributed by atoms with Crippen molar-refractivity contribution in [1.29, 1.82) is 0 Å². The normalized spacial score (nSPS) is 26.7. The highest BCUT2D eigenvalue weighted by molar-refractivity contribution is 6.83. The molecule has 0 saturated carbocycles. The highest BCUT2D eigenvalue weighted by atomic mass is 28.3. The average molecular weight is 212 g/mol. The van der Waals surface area contributed by atoms with E-state index in [-0.39, 0.29) is 0 Å². The van der Waals surface area contributed by atoms with Crippen molar-refractivity contribution in [3.05, 3.63) is 11.8 Å². The molecule has 0 nitrogen and oxygen atoms in total. The molecule has 2 heteroatoms. The van der Waals surface area contributed by atoms with Gasteiger partial charge >= 0.3 is 0 Å². The fourth-order valence-electron chi connectivity index (χ4n) is 2.03. The summed E-state index contributed by atoms with van der Waals surface area (Å²) in [7, 11) is -1.65. The predicted octanol–water partition coefficient (Wildman–Crippen LogP) is 4.15. The highest BCUT2D eigenvalue weighted by Gasteiger charge is 2.27. The molecule has 0 N–H and O–H groups in total. The minimum atomic E-state index is -0.865. The number of hydrogen-bond donors (Lipinski definition) is 0. The van der Waals surface area contributed by atoms with Gasteiger partial charge in [0.2, 0.25) is 0 Å². The van der Waals surface area contributed by atoms with Crippen LogP contribution in [0.4, 0.5) is 0 Å². The summed E-state index contributed by atoms with van der Waals surface area (Å²) in [6, 6.07) is 3.02. The zero-order chi connectivity index (χ0) is 10.1. The van der Waals surface area contributed by atoms with E-state index in [1.807, 2.05) is 0 Å².